The van der Waals surface area contributed by atoms with Gasteiger partial charge in [-0.15, -0.1) is 0 Å². The number of halogens is 1. The Morgan fingerprint density at radius 3 is 2.65 bits per heavy atom. The lowest BCUT2D eigenvalue weighted by Crippen LogP contribution is -2.50. The zero-order chi connectivity index (χ0) is 16.8. The van der Waals surface area contributed by atoms with Gasteiger partial charge in [0.25, 0.3) is 0 Å². The molecule has 1 fully saturated rings. The molecule has 0 spiro atoms. The fourth-order valence-electron chi connectivity index (χ4n) is 2.58. The SMILES string of the molecule is CCC(C)NC(=O)CN1CCN(c2ccc(C#N)c(Cl)c2)CC1. The maximum atomic E-state index is 11.9. The summed E-state index contributed by atoms with van der Waals surface area (Å²) in [6, 6.07) is 7.82. The lowest BCUT2D eigenvalue weighted by molar-refractivity contribution is -0.122. The first kappa shape index (κ1) is 17.6. The normalized spacial score (nSPS) is 16.7. The van der Waals surface area contributed by atoms with Gasteiger partial charge in [-0.1, -0.05) is 18.5 Å². The minimum absolute atomic E-state index is 0.0919. The van der Waals surface area contributed by atoms with Crippen molar-refractivity contribution in [3.8, 4) is 6.07 Å². The van der Waals surface area contributed by atoms with Crippen LogP contribution in [0.15, 0.2) is 18.2 Å². The number of nitriles is 1. The van der Waals surface area contributed by atoms with Crippen molar-refractivity contribution in [3.63, 3.8) is 0 Å². The third-order valence-electron chi connectivity index (χ3n) is 4.20. The van der Waals surface area contributed by atoms with Gasteiger partial charge in [-0.05, 0) is 31.5 Å². The van der Waals surface area contributed by atoms with Crippen molar-refractivity contribution in [2.24, 2.45) is 0 Å². The van der Waals surface area contributed by atoms with Crippen LogP contribution in [0, 0.1) is 11.3 Å². The maximum absolute atomic E-state index is 11.9. The lowest BCUT2D eigenvalue weighted by atomic mass is 10.2. The quantitative estimate of drug-likeness (QED) is 0.897. The summed E-state index contributed by atoms with van der Waals surface area (Å²) < 4.78 is 0. The molecule has 1 aliphatic heterocycles. The molecule has 1 aromatic rings. The molecular weight excluding hydrogens is 312 g/mol. The number of amides is 1. The smallest absolute Gasteiger partial charge is 0.234 e. The molecule has 23 heavy (non-hydrogen) atoms. The summed E-state index contributed by atoms with van der Waals surface area (Å²) >= 11 is 6.10. The number of hydrogen-bond acceptors (Lipinski definition) is 4. The Bertz CT molecular complexity index is 591. The Hall–Kier alpha value is -1.77. The van der Waals surface area contributed by atoms with Crippen molar-refractivity contribution in [2.75, 3.05) is 37.6 Å². The monoisotopic (exact) mass is 334 g/mol. The molecule has 1 saturated heterocycles. The van der Waals surface area contributed by atoms with E-state index in [1.54, 1.807) is 6.07 Å². The molecule has 0 bridgehead atoms. The zero-order valence-electron chi connectivity index (χ0n) is 13.7. The minimum atomic E-state index is 0.0919. The molecule has 1 heterocycles. The van der Waals surface area contributed by atoms with Crippen LogP contribution in [-0.4, -0.2) is 49.6 Å². The number of piperazine rings is 1. The van der Waals surface area contributed by atoms with Gasteiger partial charge in [-0.3, -0.25) is 9.69 Å². The van der Waals surface area contributed by atoms with E-state index in [1.807, 2.05) is 19.1 Å². The van der Waals surface area contributed by atoms with Gasteiger partial charge in [-0.2, -0.15) is 5.26 Å². The lowest BCUT2D eigenvalue weighted by Gasteiger charge is -2.36. The fraction of sp³-hybridized carbons (Fsp3) is 0.529. The first-order valence-electron chi connectivity index (χ1n) is 7.99. The van der Waals surface area contributed by atoms with Crippen LogP contribution in [0.25, 0.3) is 0 Å². The van der Waals surface area contributed by atoms with Crippen molar-refractivity contribution < 1.29 is 4.79 Å². The number of carbonyl (C=O) groups excluding carboxylic acids is 1. The van der Waals surface area contributed by atoms with Crippen molar-refractivity contribution in [2.45, 2.75) is 26.3 Å². The largest absolute Gasteiger partial charge is 0.369 e. The van der Waals surface area contributed by atoms with Crippen LogP contribution in [-0.2, 0) is 4.79 Å². The second-order valence-electron chi connectivity index (χ2n) is 5.92. The molecule has 1 unspecified atom stereocenters. The molecule has 0 aliphatic carbocycles. The third-order valence-corrected chi connectivity index (χ3v) is 4.51. The average molecular weight is 335 g/mol. The molecule has 124 valence electrons. The molecule has 0 saturated carbocycles. The highest BCUT2D eigenvalue weighted by Crippen LogP contribution is 2.24. The Labute approximate surface area is 142 Å². The van der Waals surface area contributed by atoms with E-state index in [0.717, 1.165) is 38.3 Å². The van der Waals surface area contributed by atoms with E-state index in [-0.39, 0.29) is 11.9 Å². The summed E-state index contributed by atoms with van der Waals surface area (Å²) in [4.78, 5) is 16.3. The average Bonchev–Trinajstić information content (AvgIpc) is 2.55. The van der Waals surface area contributed by atoms with Crippen molar-refractivity contribution in [3.05, 3.63) is 28.8 Å². The van der Waals surface area contributed by atoms with Gasteiger partial charge in [0.05, 0.1) is 17.1 Å². The molecule has 1 amide bonds. The number of rotatable bonds is 5. The number of carbonyl (C=O) groups is 1. The molecule has 0 radical (unpaired) electrons. The molecule has 6 heteroatoms. The molecule has 1 atom stereocenters. The molecule has 1 N–H and O–H groups in total. The molecule has 2 rings (SSSR count). The summed E-state index contributed by atoms with van der Waals surface area (Å²) in [5.41, 5.74) is 1.52. The standard InChI is InChI=1S/C17H23ClN4O/c1-3-13(2)20-17(23)12-21-6-8-22(9-7-21)15-5-4-14(11-19)16(18)10-15/h4-5,10,13H,3,6-9,12H2,1-2H3,(H,20,23). The summed E-state index contributed by atoms with van der Waals surface area (Å²) in [6.07, 6.45) is 0.943. The summed E-state index contributed by atoms with van der Waals surface area (Å²) in [5, 5.41) is 12.4. The van der Waals surface area contributed by atoms with Crippen LogP contribution >= 0.6 is 11.6 Å². The van der Waals surface area contributed by atoms with Crippen molar-refractivity contribution in [1.29, 1.82) is 5.26 Å². The van der Waals surface area contributed by atoms with Crippen LogP contribution in [0.4, 0.5) is 5.69 Å². The summed E-state index contributed by atoms with van der Waals surface area (Å²) in [5.74, 6) is 0.0919. The molecule has 0 aromatic heterocycles. The van der Waals surface area contributed by atoms with Crippen molar-refractivity contribution in [1.82, 2.24) is 10.2 Å². The Morgan fingerprint density at radius 2 is 2.09 bits per heavy atom. The van der Waals surface area contributed by atoms with E-state index in [9.17, 15) is 4.79 Å². The van der Waals surface area contributed by atoms with E-state index in [2.05, 4.69) is 28.1 Å². The topological polar surface area (TPSA) is 59.4 Å². The van der Waals surface area contributed by atoms with Gasteiger partial charge in [0.1, 0.15) is 6.07 Å². The highest BCUT2D eigenvalue weighted by molar-refractivity contribution is 6.32. The third kappa shape index (κ3) is 4.85. The van der Waals surface area contributed by atoms with Gasteiger partial charge in [0.15, 0.2) is 0 Å². The number of benzene rings is 1. The van der Waals surface area contributed by atoms with E-state index in [1.165, 1.54) is 0 Å². The van der Waals surface area contributed by atoms with Gasteiger partial charge in [0, 0.05) is 37.9 Å². The first-order valence-corrected chi connectivity index (χ1v) is 8.37. The predicted molar refractivity (Wildman–Crippen MR) is 92.7 cm³/mol. The predicted octanol–water partition coefficient (Wildman–Crippen LogP) is 2.25. The van der Waals surface area contributed by atoms with Crippen LogP contribution in [0.2, 0.25) is 5.02 Å². The Kier molecular flexibility index (Phi) is 6.26. The summed E-state index contributed by atoms with van der Waals surface area (Å²) in [7, 11) is 0. The molecule has 1 aliphatic rings. The summed E-state index contributed by atoms with van der Waals surface area (Å²) in [6.45, 7) is 7.90. The van der Waals surface area contributed by atoms with E-state index in [0.29, 0.717) is 17.1 Å². The molecule has 5 nitrogen and oxygen atoms in total. The van der Waals surface area contributed by atoms with E-state index in [4.69, 9.17) is 16.9 Å². The van der Waals surface area contributed by atoms with Crippen LogP contribution in [0.1, 0.15) is 25.8 Å². The highest BCUT2D eigenvalue weighted by Gasteiger charge is 2.20. The van der Waals surface area contributed by atoms with Crippen LogP contribution < -0.4 is 10.2 Å². The van der Waals surface area contributed by atoms with Crippen LogP contribution in [0.3, 0.4) is 0 Å². The minimum Gasteiger partial charge on any atom is -0.369 e. The Balaban J connectivity index is 1.85. The number of nitrogens with zero attached hydrogens (tertiary/aromatic N) is 3. The van der Waals surface area contributed by atoms with Gasteiger partial charge in [0.2, 0.25) is 5.91 Å². The maximum Gasteiger partial charge on any atom is 0.234 e. The zero-order valence-corrected chi connectivity index (χ0v) is 14.4. The van der Waals surface area contributed by atoms with E-state index < -0.39 is 0 Å². The second kappa shape index (κ2) is 8.19. The van der Waals surface area contributed by atoms with Gasteiger partial charge in [-0.25, -0.2) is 0 Å². The second-order valence-corrected chi connectivity index (χ2v) is 6.32. The van der Waals surface area contributed by atoms with Crippen molar-refractivity contribution >= 4 is 23.2 Å². The van der Waals surface area contributed by atoms with Crippen LogP contribution in [0.5, 0.6) is 0 Å². The number of anilines is 1. The Morgan fingerprint density at radius 1 is 1.39 bits per heavy atom. The molecule has 1 aromatic carbocycles. The van der Waals surface area contributed by atoms with Gasteiger partial charge < -0.3 is 10.2 Å². The highest BCUT2D eigenvalue weighted by atomic mass is 35.5. The number of hydrogen-bond donors (Lipinski definition) is 1. The van der Waals surface area contributed by atoms with Gasteiger partial charge >= 0.3 is 0 Å². The fourth-order valence-corrected chi connectivity index (χ4v) is 2.80. The first-order chi connectivity index (χ1) is 11.0. The molecular formula is C17H23ClN4O. The number of nitrogens with one attached hydrogen (secondary N) is 1. The van der Waals surface area contributed by atoms with E-state index >= 15 is 0 Å².